The molecule has 2 atom stereocenters. The highest BCUT2D eigenvalue weighted by Crippen LogP contribution is 2.16. The number of hydrogen-bond donors (Lipinski definition) is 1. The zero-order valence-electron chi connectivity index (χ0n) is 12.9. The third-order valence-corrected chi connectivity index (χ3v) is 3.58. The van der Waals surface area contributed by atoms with E-state index in [4.69, 9.17) is 4.74 Å². The normalized spacial score (nSPS) is 23.6. The maximum atomic E-state index is 12.2. The second-order valence-corrected chi connectivity index (χ2v) is 5.70. The molecule has 1 rings (SSSR count). The topological polar surface area (TPSA) is 41.6 Å². The molecular formula is C15H30N2O2. The molecule has 0 radical (unpaired) electrons. The van der Waals surface area contributed by atoms with E-state index in [2.05, 4.69) is 19.2 Å². The van der Waals surface area contributed by atoms with E-state index in [1.165, 1.54) is 0 Å². The van der Waals surface area contributed by atoms with Crippen LogP contribution in [-0.2, 0) is 9.53 Å². The highest BCUT2D eigenvalue weighted by molar-refractivity contribution is 5.84. The van der Waals surface area contributed by atoms with E-state index in [0.29, 0.717) is 6.10 Å². The van der Waals surface area contributed by atoms with Gasteiger partial charge >= 0.3 is 0 Å². The van der Waals surface area contributed by atoms with E-state index < -0.39 is 0 Å². The van der Waals surface area contributed by atoms with Gasteiger partial charge < -0.3 is 9.64 Å². The summed E-state index contributed by atoms with van der Waals surface area (Å²) >= 11 is 0. The maximum absolute atomic E-state index is 12.2. The van der Waals surface area contributed by atoms with Crippen LogP contribution in [0.5, 0.6) is 0 Å². The fraction of sp³-hybridized carbons (Fsp3) is 0.933. The molecule has 0 aromatic carbocycles. The van der Waals surface area contributed by atoms with Crippen LogP contribution in [0.3, 0.4) is 0 Å². The largest absolute Gasteiger partial charge is 0.379 e. The molecule has 1 amide bonds. The summed E-state index contributed by atoms with van der Waals surface area (Å²) in [6.07, 6.45) is 5.75. The number of rotatable bonds is 9. The SMILES string of the molecule is CCCCC1NC(C)N(CCCCOC(C)C)C1=O. The Morgan fingerprint density at radius 2 is 2.05 bits per heavy atom. The van der Waals surface area contributed by atoms with Crippen LogP contribution in [-0.4, -0.2) is 42.3 Å². The van der Waals surface area contributed by atoms with Crippen LogP contribution in [0.1, 0.15) is 59.8 Å². The minimum atomic E-state index is 0.0434. The lowest BCUT2D eigenvalue weighted by Gasteiger charge is -2.20. The lowest BCUT2D eigenvalue weighted by molar-refractivity contribution is -0.130. The number of nitrogens with zero attached hydrogens (tertiary/aromatic N) is 1. The van der Waals surface area contributed by atoms with Crippen LogP contribution < -0.4 is 5.32 Å². The Labute approximate surface area is 117 Å². The van der Waals surface area contributed by atoms with Crippen molar-refractivity contribution in [2.75, 3.05) is 13.2 Å². The number of carbonyl (C=O) groups is 1. The molecule has 1 aliphatic rings. The van der Waals surface area contributed by atoms with Gasteiger partial charge in [0.25, 0.3) is 0 Å². The van der Waals surface area contributed by atoms with Gasteiger partial charge in [-0.25, -0.2) is 0 Å². The van der Waals surface area contributed by atoms with Gasteiger partial charge in [0.05, 0.1) is 18.3 Å². The molecular weight excluding hydrogens is 240 g/mol. The van der Waals surface area contributed by atoms with Gasteiger partial charge in [-0.1, -0.05) is 19.8 Å². The van der Waals surface area contributed by atoms with Crippen LogP contribution in [0, 0.1) is 0 Å². The summed E-state index contributed by atoms with van der Waals surface area (Å²) in [6.45, 7) is 9.98. The first-order chi connectivity index (χ1) is 9.06. The van der Waals surface area contributed by atoms with Crippen LogP contribution in [0.25, 0.3) is 0 Å². The van der Waals surface area contributed by atoms with Gasteiger partial charge in [0.15, 0.2) is 0 Å². The maximum Gasteiger partial charge on any atom is 0.241 e. The van der Waals surface area contributed by atoms with E-state index in [9.17, 15) is 4.79 Å². The fourth-order valence-electron chi connectivity index (χ4n) is 2.47. The molecule has 0 aliphatic carbocycles. The van der Waals surface area contributed by atoms with Gasteiger partial charge in [-0.3, -0.25) is 10.1 Å². The Balaban J connectivity index is 2.23. The number of hydrogen-bond acceptors (Lipinski definition) is 3. The minimum Gasteiger partial charge on any atom is -0.379 e. The van der Waals surface area contributed by atoms with Gasteiger partial charge in [0.2, 0.25) is 5.91 Å². The number of nitrogens with one attached hydrogen (secondary N) is 1. The average molecular weight is 270 g/mol. The highest BCUT2D eigenvalue weighted by Gasteiger charge is 2.35. The van der Waals surface area contributed by atoms with Crippen molar-refractivity contribution in [1.29, 1.82) is 0 Å². The first-order valence-corrected chi connectivity index (χ1v) is 7.74. The average Bonchev–Trinajstić information content (AvgIpc) is 2.62. The first kappa shape index (κ1) is 16.4. The number of amides is 1. The molecule has 0 saturated carbocycles. The second-order valence-electron chi connectivity index (χ2n) is 5.70. The predicted octanol–water partition coefficient (Wildman–Crippen LogP) is 2.53. The van der Waals surface area contributed by atoms with Gasteiger partial charge in [-0.2, -0.15) is 0 Å². The molecule has 0 aromatic rings. The molecule has 0 aromatic heterocycles. The number of ether oxygens (including phenoxy) is 1. The molecule has 4 heteroatoms. The third kappa shape index (κ3) is 5.49. The molecule has 1 fully saturated rings. The number of unbranched alkanes of at least 4 members (excludes halogenated alkanes) is 2. The Hall–Kier alpha value is -0.610. The van der Waals surface area contributed by atoms with Crippen LogP contribution in [0.2, 0.25) is 0 Å². The molecule has 4 nitrogen and oxygen atoms in total. The quantitative estimate of drug-likeness (QED) is 0.655. The molecule has 1 saturated heterocycles. The van der Waals surface area contributed by atoms with Crippen molar-refractivity contribution in [3.8, 4) is 0 Å². The van der Waals surface area contributed by atoms with Crippen molar-refractivity contribution in [3.63, 3.8) is 0 Å². The summed E-state index contributed by atoms with van der Waals surface area (Å²) in [7, 11) is 0. The smallest absolute Gasteiger partial charge is 0.241 e. The van der Waals surface area contributed by atoms with E-state index in [0.717, 1.165) is 45.3 Å². The fourth-order valence-corrected chi connectivity index (χ4v) is 2.47. The molecule has 0 bridgehead atoms. The van der Waals surface area contributed by atoms with Crippen molar-refractivity contribution in [2.24, 2.45) is 0 Å². The van der Waals surface area contributed by atoms with Gasteiger partial charge in [0, 0.05) is 13.2 Å². The van der Waals surface area contributed by atoms with E-state index >= 15 is 0 Å². The van der Waals surface area contributed by atoms with Gasteiger partial charge in [-0.05, 0) is 40.0 Å². The van der Waals surface area contributed by atoms with E-state index in [1.807, 2.05) is 18.7 Å². The Morgan fingerprint density at radius 3 is 2.68 bits per heavy atom. The molecule has 19 heavy (non-hydrogen) atoms. The Morgan fingerprint density at radius 1 is 1.32 bits per heavy atom. The lowest BCUT2D eigenvalue weighted by atomic mass is 10.1. The summed E-state index contributed by atoms with van der Waals surface area (Å²) in [4.78, 5) is 14.2. The minimum absolute atomic E-state index is 0.0434. The van der Waals surface area contributed by atoms with Crippen molar-refractivity contribution in [2.45, 2.75) is 78.1 Å². The zero-order valence-corrected chi connectivity index (χ0v) is 12.9. The first-order valence-electron chi connectivity index (χ1n) is 7.74. The van der Waals surface area contributed by atoms with Crippen LogP contribution >= 0.6 is 0 Å². The summed E-state index contributed by atoms with van der Waals surface area (Å²) in [5.74, 6) is 0.283. The van der Waals surface area contributed by atoms with E-state index in [1.54, 1.807) is 0 Å². The monoisotopic (exact) mass is 270 g/mol. The Kier molecular flexibility index (Phi) is 7.39. The van der Waals surface area contributed by atoms with Crippen molar-refractivity contribution < 1.29 is 9.53 Å². The lowest BCUT2D eigenvalue weighted by Crippen LogP contribution is -2.35. The van der Waals surface area contributed by atoms with Crippen molar-refractivity contribution in [1.82, 2.24) is 10.2 Å². The molecule has 1 heterocycles. The standard InChI is InChI=1S/C15H30N2O2/c1-5-6-9-14-15(18)17(13(4)16-14)10-7-8-11-19-12(2)3/h12-14,16H,5-11H2,1-4H3. The molecule has 2 unspecified atom stereocenters. The number of carbonyl (C=O) groups excluding carboxylic acids is 1. The summed E-state index contributed by atoms with van der Waals surface area (Å²) < 4.78 is 5.52. The molecule has 112 valence electrons. The highest BCUT2D eigenvalue weighted by atomic mass is 16.5. The summed E-state index contributed by atoms with van der Waals surface area (Å²) in [6, 6.07) is 0.0434. The van der Waals surface area contributed by atoms with Crippen LogP contribution in [0.4, 0.5) is 0 Å². The molecule has 1 aliphatic heterocycles. The summed E-state index contributed by atoms with van der Waals surface area (Å²) in [5.41, 5.74) is 0. The molecule has 0 spiro atoms. The van der Waals surface area contributed by atoms with Gasteiger partial charge in [-0.15, -0.1) is 0 Å². The zero-order chi connectivity index (χ0) is 14.3. The third-order valence-electron chi connectivity index (χ3n) is 3.58. The van der Waals surface area contributed by atoms with Crippen molar-refractivity contribution in [3.05, 3.63) is 0 Å². The van der Waals surface area contributed by atoms with Gasteiger partial charge in [0.1, 0.15) is 0 Å². The van der Waals surface area contributed by atoms with Crippen LogP contribution in [0.15, 0.2) is 0 Å². The predicted molar refractivity (Wildman–Crippen MR) is 77.9 cm³/mol. The summed E-state index contributed by atoms with van der Waals surface area (Å²) in [5, 5.41) is 3.39. The van der Waals surface area contributed by atoms with Crippen molar-refractivity contribution >= 4 is 5.91 Å². The van der Waals surface area contributed by atoms with E-state index in [-0.39, 0.29) is 18.1 Å². The second kappa shape index (κ2) is 8.54. The molecule has 1 N–H and O–H groups in total. The Bertz CT molecular complexity index is 269.